The van der Waals surface area contributed by atoms with Gasteiger partial charge in [-0.25, -0.2) is 14.0 Å². The number of ether oxygens (including phenoxy) is 1. The number of rotatable bonds is 3. The Labute approximate surface area is 126 Å². The summed E-state index contributed by atoms with van der Waals surface area (Å²) in [4.78, 5) is 34.8. The van der Waals surface area contributed by atoms with Gasteiger partial charge in [0.2, 0.25) is 5.91 Å². The number of amides is 3. The first-order valence-electron chi connectivity index (χ1n) is 6.74. The molecule has 7 nitrogen and oxygen atoms in total. The molecule has 118 valence electrons. The van der Waals surface area contributed by atoms with Crippen molar-refractivity contribution in [3.8, 4) is 0 Å². The quantitative estimate of drug-likeness (QED) is 0.726. The Morgan fingerprint density at radius 2 is 2.18 bits per heavy atom. The third kappa shape index (κ3) is 3.72. The Hall–Kier alpha value is -2.64. The second kappa shape index (κ2) is 6.88. The van der Waals surface area contributed by atoms with Gasteiger partial charge in [0.1, 0.15) is 11.9 Å². The van der Waals surface area contributed by atoms with Gasteiger partial charge in [-0.1, -0.05) is 0 Å². The molecule has 22 heavy (non-hydrogen) atoms. The summed E-state index contributed by atoms with van der Waals surface area (Å²) in [5, 5.41) is 7.37. The predicted molar refractivity (Wildman–Crippen MR) is 75.9 cm³/mol. The van der Waals surface area contributed by atoms with Crippen LogP contribution in [-0.4, -0.2) is 37.6 Å². The van der Waals surface area contributed by atoms with Crippen LogP contribution in [0.2, 0.25) is 0 Å². The summed E-state index contributed by atoms with van der Waals surface area (Å²) in [6, 6.07) is 2.10. The second-order valence-electron chi connectivity index (χ2n) is 4.77. The molecule has 1 aromatic carbocycles. The lowest BCUT2D eigenvalue weighted by molar-refractivity contribution is -0.124. The number of esters is 1. The van der Waals surface area contributed by atoms with E-state index < -0.39 is 23.9 Å². The first-order chi connectivity index (χ1) is 10.5. The van der Waals surface area contributed by atoms with Gasteiger partial charge in [-0.05, 0) is 31.0 Å². The standard InChI is InChI=1S/C14H16FN3O4/c1-22-13(20)8-4-5-9(15)11(7-8)18-14(21)17-10-3-2-6-16-12(10)19/h4-5,7,10H,2-3,6H2,1H3,(H,16,19)(H2,17,18,21). The highest BCUT2D eigenvalue weighted by molar-refractivity contribution is 5.96. The van der Waals surface area contributed by atoms with Crippen molar-refractivity contribution in [1.82, 2.24) is 10.6 Å². The Kier molecular flexibility index (Phi) is 4.92. The van der Waals surface area contributed by atoms with Crippen molar-refractivity contribution >= 4 is 23.6 Å². The highest BCUT2D eigenvalue weighted by atomic mass is 19.1. The molecule has 1 unspecified atom stereocenters. The molecule has 1 saturated heterocycles. The average Bonchev–Trinajstić information content (AvgIpc) is 2.51. The lowest BCUT2D eigenvalue weighted by atomic mass is 10.1. The minimum absolute atomic E-state index is 0.106. The normalized spacial score (nSPS) is 17.4. The molecular formula is C14H16FN3O4. The van der Waals surface area contributed by atoms with Gasteiger partial charge in [-0.3, -0.25) is 4.79 Å². The van der Waals surface area contributed by atoms with E-state index in [4.69, 9.17) is 0 Å². The van der Waals surface area contributed by atoms with E-state index in [-0.39, 0.29) is 17.2 Å². The smallest absolute Gasteiger partial charge is 0.337 e. The van der Waals surface area contributed by atoms with E-state index in [0.717, 1.165) is 12.5 Å². The van der Waals surface area contributed by atoms with Gasteiger partial charge in [0.15, 0.2) is 0 Å². The number of anilines is 1. The van der Waals surface area contributed by atoms with Crippen LogP contribution in [0.1, 0.15) is 23.2 Å². The molecule has 0 saturated carbocycles. The number of carbonyl (C=O) groups is 3. The number of methoxy groups -OCH3 is 1. The molecule has 1 atom stereocenters. The molecule has 0 radical (unpaired) electrons. The number of urea groups is 1. The van der Waals surface area contributed by atoms with Gasteiger partial charge in [-0.2, -0.15) is 0 Å². The fourth-order valence-corrected chi connectivity index (χ4v) is 2.09. The van der Waals surface area contributed by atoms with Crippen LogP contribution in [-0.2, 0) is 9.53 Å². The highest BCUT2D eigenvalue weighted by Gasteiger charge is 2.24. The van der Waals surface area contributed by atoms with Crippen LogP contribution >= 0.6 is 0 Å². The fourth-order valence-electron chi connectivity index (χ4n) is 2.09. The minimum atomic E-state index is -0.719. The third-order valence-electron chi connectivity index (χ3n) is 3.23. The molecule has 0 aliphatic carbocycles. The Morgan fingerprint density at radius 3 is 2.86 bits per heavy atom. The summed E-state index contributed by atoms with van der Waals surface area (Å²) in [5.41, 5.74) is -0.0637. The molecule has 1 aliphatic heterocycles. The monoisotopic (exact) mass is 309 g/mol. The van der Waals surface area contributed by atoms with Crippen molar-refractivity contribution in [3.63, 3.8) is 0 Å². The van der Waals surface area contributed by atoms with E-state index in [1.165, 1.54) is 19.2 Å². The Balaban J connectivity index is 2.04. The highest BCUT2D eigenvalue weighted by Crippen LogP contribution is 2.17. The van der Waals surface area contributed by atoms with Gasteiger partial charge in [0.05, 0.1) is 18.4 Å². The topological polar surface area (TPSA) is 96.5 Å². The van der Waals surface area contributed by atoms with Crippen LogP contribution in [0.5, 0.6) is 0 Å². The van der Waals surface area contributed by atoms with Gasteiger partial charge in [0, 0.05) is 6.54 Å². The van der Waals surface area contributed by atoms with E-state index >= 15 is 0 Å². The molecule has 0 aromatic heterocycles. The molecule has 8 heteroatoms. The third-order valence-corrected chi connectivity index (χ3v) is 3.23. The summed E-state index contributed by atoms with van der Waals surface area (Å²) in [6.45, 7) is 0.578. The van der Waals surface area contributed by atoms with E-state index in [1.54, 1.807) is 0 Å². The van der Waals surface area contributed by atoms with Crippen molar-refractivity contribution in [1.29, 1.82) is 0 Å². The van der Waals surface area contributed by atoms with E-state index in [2.05, 4.69) is 20.7 Å². The van der Waals surface area contributed by atoms with Crippen LogP contribution in [0.3, 0.4) is 0 Å². The van der Waals surface area contributed by atoms with Gasteiger partial charge in [-0.15, -0.1) is 0 Å². The molecule has 3 amide bonds. The molecular weight excluding hydrogens is 293 g/mol. The van der Waals surface area contributed by atoms with Crippen LogP contribution < -0.4 is 16.0 Å². The van der Waals surface area contributed by atoms with Gasteiger partial charge in [0.25, 0.3) is 0 Å². The van der Waals surface area contributed by atoms with Crippen LogP contribution in [0.4, 0.5) is 14.9 Å². The number of carbonyl (C=O) groups excluding carboxylic acids is 3. The molecule has 1 aliphatic rings. The molecule has 3 N–H and O–H groups in total. The molecule has 1 heterocycles. The zero-order valence-corrected chi connectivity index (χ0v) is 11.9. The maximum atomic E-state index is 13.7. The number of nitrogens with one attached hydrogen (secondary N) is 3. The predicted octanol–water partition coefficient (Wildman–Crippen LogP) is 1.01. The number of halogens is 1. The van der Waals surface area contributed by atoms with Gasteiger partial charge < -0.3 is 20.7 Å². The number of hydrogen-bond donors (Lipinski definition) is 3. The first-order valence-corrected chi connectivity index (χ1v) is 6.74. The second-order valence-corrected chi connectivity index (χ2v) is 4.77. The summed E-state index contributed by atoms with van der Waals surface area (Å²) < 4.78 is 18.2. The van der Waals surface area contributed by atoms with Crippen LogP contribution in [0.15, 0.2) is 18.2 Å². The number of benzene rings is 1. The first kappa shape index (κ1) is 15.7. The van der Waals surface area contributed by atoms with Crippen LogP contribution in [0.25, 0.3) is 0 Å². The molecule has 0 bridgehead atoms. The van der Waals surface area contributed by atoms with E-state index in [9.17, 15) is 18.8 Å². The minimum Gasteiger partial charge on any atom is -0.465 e. The largest absolute Gasteiger partial charge is 0.465 e. The van der Waals surface area contributed by atoms with Crippen molar-refractivity contribution in [2.24, 2.45) is 0 Å². The number of piperidine rings is 1. The van der Waals surface area contributed by atoms with E-state index in [1.807, 2.05) is 0 Å². The van der Waals surface area contributed by atoms with Crippen molar-refractivity contribution in [3.05, 3.63) is 29.6 Å². The van der Waals surface area contributed by atoms with Crippen molar-refractivity contribution in [2.45, 2.75) is 18.9 Å². The lowest BCUT2D eigenvalue weighted by Gasteiger charge is -2.22. The van der Waals surface area contributed by atoms with Crippen molar-refractivity contribution in [2.75, 3.05) is 19.0 Å². The van der Waals surface area contributed by atoms with E-state index in [0.29, 0.717) is 13.0 Å². The maximum absolute atomic E-state index is 13.7. The summed E-state index contributed by atoms with van der Waals surface area (Å²) in [6.07, 6.45) is 1.27. The van der Waals surface area contributed by atoms with Gasteiger partial charge >= 0.3 is 12.0 Å². The molecule has 2 rings (SSSR count). The zero-order valence-electron chi connectivity index (χ0n) is 11.9. The molecule has 1 aromatic rings. The fraction of sp³-hybridized carbons (Fsp3) is 0.357. The summed E-state index contributed by atoms with van der Waals surface area (Å²) in [7, 11) is 1.20. The lowest BCUT2D eigenvalue weighted by Crippen LogP contribution is -2.51. The summed E-state index contributed by atoms with van der Waals surface area (Å²) in [5.74, 6) is -1.61. The number of hydrogen-bond acceptors (Lipinski definition) is 4. The Bertz CT molecular complexity index is 606. The Morgan fingerprint density at radius 1 is 1.41 bits per heavy atom. The summed E-state index contributed by atoms with van der Waals surface area (Å²) >= 11 is 0. The SMILES string of the molecule is COC(=O)c1ccc(F)c(NC(=O)NC2CCCNC2=O)c1. The average molecular weight is 309 g/mol. The molecule has 0 spiro atoms. The maximum Gasteiger partial charge on any atom is 0.337 e. The van der Waals surface area contributed by atoms with Crippen LogP contribution in [0, 0.1) is 5.82 Å². The van der Waals surface area contributed by atoms with Crippen molar-refractivity contribution < 1.29 is 23.5 Å². The zero-order chi connectivity index (χ0) is 16.1. The molecule has 1 fully saturated rings.